The standard InChI is InChI=1S/C4H9.C4H8.Al/c2*1-3-4-2;/h1,3-4H2,2H3;1-4H2;. The summed E-state index contributed by atoms with van der Waals surface area (Å²) in [4.78, 5) is 0. The predicted molar refractivity (Wildman–Crippen MR) is 44.3 cm³/mol. The Hall–Kier alpha value is 0.532. The van der Waals surface area contributed by atoms with Gasteiger partial charge in [0.1, 0.15) is 0 Å². The third-order valence-electron chi connectivity index (χ3n) is 2.44. The second-order valence-electron chi connectivity index (χ2n) is 3.29. The van der Waals surface area contributed by atoms with Crippen molar-refractivity contribution in [2.75, 3.05) is 0 Å². The number of unbranched alkanes of at least 4 members (excludes halogenated alkanes) is 1. The molecule has 0 nitrogen and oxygen atoms in total. The third kappa shape index (κ3) is 2.74. The van der Waals surface area contributed by atoms with Gasteiger partial charge in [0.2, 0.25) is 0 Å². The maximum Gasteiger partial charge on any atom is 0.261 e. The molecule has 0 atom stereocenters. The molecule has 52 valence electrons. The summed E-state index contributed by atoms with van der Waals surface area (Å²) in [5.41, 5.74) is 0. The smallest absolute Gasteiger partial charge is 0.0939 e. The molecule has 0 aromatic rings. The molecule has 0 aromatic carbocycles. The lowest BCUT2D eigenvalue weighted by atomic mass is 10.4. The van der Waals surface area contributed by atoms with E-state index in [1.807, 2.05) is 0 Å². The molecule has 1 rings (SSSR count). The van der Waals surface area contributed by atoms with E-state index < -0.39 is 0 Å². The Morgan fingerprint density at radius 2 is 1.89 bits per heavy atom. The highest BCUT2D eigenvalue weighted by Gasteiger charge is 2.20. The monoisotopic (exact) mass is 140 g/mol. The van der Waals surface area contributed by atoms with Crippen molar-refractivity contribution in [2.24, 2.45) is 0 Å². The van der Waals surface area contributed by atoms with E-state index in [0.717, 1.165) is 0 Å². The molecule has 0 spiro atoms. The summed E-state index contributed by atoms with van der Waals surface area (Å²) in [6, 6.07) is 0. The maximum atomic E-state index is 2.31. The number of hydrogen-bond acceptors (Lipinski definition) is 0. The van der Waals surface area contributed by atoms with Crippen LogP contribution in [0.4, 0.5) is 0 Å². The topological polar surface area (TPSA) is 0 Å². The van der Waals surface area contributed by atoms with E-state index in [1.165, 1.54) is 12.8 Å². The molecule has 1 heterocycles. The Labute approximate surface area is 63.0 Å². The zero-order valence-corrected chi connectivity index (χ0v) is 7.68. The zero-order chi connectivity index (χ0) is 6.53. The fourth-order valence-electron chi connectivity index (χ4n) is 1.79. The van der Waals surface area contributed by atoms with Crippen molar-refractivity contribution in [3.63, 3.8) is 0 Å². The Kier molecular flexibility index (Phi) is 3.70. The molecule has 1 fully saturated rings. The molecule has 0 aliphatic carbocycles. The summed E-state index contributed by atoms with van der Waals surface area (Å²) in [5.74, 6) is 0. The Morgan fingerprint density at radius 3 is 2.44 bits per heavy atom. The number of rotatable bonds is 3. The van der Waals surface area contributed by atoms with Gasteiger partial charge in [-0.05, 0) is 0 Å². The van der Waals surface area contributed by atoms with Crippen LogP contribution in [0, 0.1) is 0 Å². The third-order valence-corrected chi connectivity index (χ3v) is 6.11. The normalized spacial score (nSPS) is 19.0. The first-order chi connectivity index (χ1) is 4.43. The van der Waals surface area contributed by atoms with Gasteiger partial charge in [-0.25, -0.2) is 0 Å². The predicted octanol–water partition coefficient (Wildman–Crippen LogP) is 3.08. The van der Waals surface area contributed by atoms with Crippen molar-refractivity contribution in [1.29, 1.82) is 0 Å². The molecule has 9 heavy (non-hydrogen) atoms. The van der Waals surface area contributed by atoms with Crippen LogP contribution in [0.15, 0.2) is 0 Å². The zero-order valence-electron chi connectivity index (χ0n) is 6.53. The minimum atomic E-state index is -0.0987. The van der Waals surface area contributed by atoms with Crippen LogP contribution in [0.3, 0.4) is 0 Å². The summed E-state index contributed by atoms with van der Waals surface area (Å²) in [6.07, 6.45) is 6.08. The Balaban J connectivity index is 1.98. The first-order valence-corrected chi connectivity index (χ1v) is 6.88. The van der Waals surface area contributed by atoms with Crippen LogP contribution < -0.4 is 0 Å². The van der Waals surface area contributed by atoms with Gasteiger partial charge >= 0.3 is 0 Å². The molecule has 0 radical (unpaired) electrons. The van der Waals surface area contributed by atoms with Gasteiger partial charge in [0.25, 0.3) is 14.1 Å². The summed E-state index contributed by atoms with van der Waals surface area (Å²) in [7, 11) is 0. The average Bonchev–Trinajstić information content (AvgIpc) is 2.34. The fourth-order valence-corrected chi connectivity index (χ4v) is 5.38. The van der Waals surface area contributed by atoms with Crippen LogP contribution in [0.25, 0.3) is 0 Å². The summed E-state index contributed by atoms with van der Waals surface area (Å²) >= 11 is -0.0987. The van der Waals surface area contributed by atoms with Crippen LogP contribution in [-0.4, -0.2) is 14.1 Å². The van der Waals surface area contributed by atoms with E-state index in [4.69, 9.17) is 0 Å². The van der Waals surface area contributed by atoms with E-state index in [2.05, 4.69) is 6.92 Å². The van der Waals surface area contributed by atoms with Gasteiger partial charge in [-0.3, -0.25) is 0 Å². The minimum absolute atomic E-state index is 0.0987. The van der Waals surface area contributed by atoms with Gasteiger partial charge in [0, 0.05) is 0 Å². The van der Waals surface area contributed by atoms with Gasteiger partial charge in [0.15, 0.2) is 0 Å². The lowest BCUT2D eigenvalue weighted by Gasteiger charge is -1.98. The van der Waals surface area contributed by atoms with Crippen molar-refractivity contribution in [2.45, 2.75) is 48.5 Å². The van der Waals surface area contributed by atoms with Gasteiger partial charge in [-0.2, -0.15) is 0 Å². The molecule has 1 heteroatoms. The van der Waals surface area contributed by atoms with Crippen LogP contribution in [0.5, 0.6) is 0 Å². The molecular formula is C8H17Al. The van der Waals surface area contributed by atoms with Crippen LogP contribution in [-0.2, 0) is 0 Å². The molecule has 0 unspecified atom stereocenters. The number of hydrogen-bond donors (Lipinski definition) is 0. The minimum Gasteiger partial charge on any atom is -0.0939 e. The molecule has 1 aliphatic heterocycles. The van der Waals surface area contributed by atoms with Crippen molar-refractivity contribution in [3.05, 3.63) is 0 Å². The Morgan fingerprint density at radius 1 is 1.22 bits per heavy atom. The summed E-state index contributed by atoms with van der Waals surface area (Å²) in [6.45, 7) is 2.31. The van der Waals surface area contributed by atoms with Crippen LogP contribution in [0.1, 0.15) is 32.6 Å². The second kappa shape index (κ2) is 4.36. The fraction of sp³-hybridized carbons (Fsp3) is 1.00. The van der Waals surface area contributed by atoms with Gasteiger partial charge in [-0.1, -0.05) is 48.5 Å². The lowest BCUT2D eigenvalue weighted by Crippen LogP contribution is -2.03. The first-order valence-electron chi connectivity index (χ1n) is 4.43. The van der Waals surface area contributed by atoms with Gasteiger partial charge in [0.05, 0.1) is 0 Å². The molecule has 0 aromatic heterocycles. The lowest BCUT2D eigenvalue weighted by molar-refractivity contribution is 0.872. The van der Waals surface area contributed by atoms with Crippen molar-refractivity contribution in [1.82, 2.24) is 0 Å². The maximum absolute atomic E-state index is 2.31. The highest BCUT2D eigenvalue weighted by atomic mass is 27.2. The highest BCUT2D eigenvalue weighted by molar-refractivity contribution is 6.59. The summed E-state index contributed by atoms with van der Waals surface area (Å²) in [5, 5.41) is 4.98. The molecule has 0 amide bonds. The highest BCUT2D eigenvalue weighted by Crippen LogP contribution is 2.23. The molecule has 0 saturated carbocycles. The Bertz CT molecular complexity index is 65.0. The van der Waals surface area contributed by atoms with E-state index >= 15 is 0 Å². The molecular weight excluding hydrogens is 123 g/mol. The quantitative estimate of drug-likeness (QED) is 0.528. The summed E-state index contributed by atoms with van der Waals surface area (Å²) < 4.78 is 0. The first kappa shape index (κ1) is 7.64. The van der Waals surface area contributed by atoms with E-state index in [1.54, 1.807) is 28.7 Å². The average molecular weight is 140 g/mol. The second-order valence-corrected chi connectivity index (χ2v) is 6.76. The van der Waals surface area contributed by atoms with Crippen LogP contribution in [0.2, 0.25) is 15.8 Å². The SMILES string of the molecule is CCC[CH2][Al]1[CH2]CC[CH2]1. The van der Waals surface area contributed by atoms with Crippen molar-refractivity contribution >= 4 is 14.1 Å². The molecule has 1 aliphatic rings. The van der Waals surface area contributed by atoms with E-state index in [0.29, 0.717) is 0 Å². The molecule has 0 bridgehead atoms. The van der Waals surface area contributed by atoms with Gasteiger partial charge in [-0.15, -0.1) is 0 Å². The van der Waals surface area contributed by atoms with Crippen LogP contribution >= 0.6 is 0 Å². The van der Waals surface area contributed by atoms with Gasteiger partial charge < -0.3 is 0 Å². The largest absolute Gasteiger partial charge is 0.261 e. The molecule has 0 N–H and O–H groups in total. The van der Waals surface area contributed by atoms with Crippen molar-refractivity contribution < 1.29 is 0 Å². The molecule has 1 saturated heterocycles. The van der Waals surface area contributed by atoms with E-state index in [9.17, 15) is 0 Å². The van der Waals surface area contributed by atoms with Crippen molar-refractivity contribution in [3.8, 4) is 0 Å². The van der Waals surface area contributed by atoms with E-state index in [-0.39, 0.29) is 14.1 Å².